The highest BCUT2D eigenvalue weighted by atomic mass is 35.5. The molecule has 2 aliphatic rings. The normalized spacial score (nSPS) is 18.7. The molecule has 0 spiro atoms. The van der Waals surface area contributed by atoms with Crippen molar-refractivity contribution in [2.24, 2.45) is 0 Å². The van der Waals surface area contributed by atoms with E-state index < -0.39 is 6.04 Å². The highest BCUT2D eigenvalue weighted by Gasteiger charge is 2.39. The molecule has 4 rings (SSSR count). The molecular formula is C22H22ClN3O4S. The number of carbonyl (C=O) groups is 4. The number of fused-ring (bicyclic) bond motifs is 1. The van der Waals surface area contributed by atoms with Crippen LogP contribution >= 0.6 is 22.9 Å². The molecule has 9 heteroatoms. The highest BCUT2D eigenvalue weighted by Crippen LogP contribution is 2.34. The second-order valence-electron chi connectivity index (χ2n) is 7.85. The SMILES string of the molecule is Cc1ccc(NC(=O)NCc2scc3c2CN([C@H]2CCCC(=O)CC2=O)C3=O)cc1Cl. The number of rotatable bonds is 4. The van der Waals surface area contributed by atoms with Gasteiger partial charge in [0, 0.05) is 33.9 Å². The molecule has 1 aromatic heterocycles. The number of hydrogen-bond acceptors (Lipinski definition) is 5. The maximum absolute atomic E-state index is 12.9. The first-order valence-corrected chi connectivity index (χ1v) is 11.3. The van der Waals surface area contributed by atoms with Crippen molar-refractivity contribution < 1.29 is 19.2 Å². The number of carbonyl (C=O) groups excluding carboxylic acids is 4. The summed E-state index contributed by atoms with van der Waals surface area (Å²) >= 11 is 7.50. The molecule has 1 aliphatic carbocycles. The number of hydrogen-bond donors (Lipinski definition) is 2. The van der Waals surface area contributed by atoms with E-state index in [1.807, 2.05) is 13.0 Å². The van der Waals surface area contributed by atoms with Crippen molar-refractivity contribution in [3.05, 3.63) is 50.2 Å². The van der Waals surface area contributed by atoms with Crippen LogP contribution in [-0.4, -0.2) is 34.4 Å². The minimum atomic E-state index is -0.549. The van der Waals surface area contributed by atoms with Gasteiger partial charge in [0.15, 0.2) is 5.78 Å². The van der Waals surface area contributed by atoms with Crippen molar-refractivity contribution in [1.82, 2.24) is 10.2 Å². The third-order valence-electron chi connectivity index (χ3n) is 5.69. The molecular weight excluding hydrogens is 438 g/mol. The predicted octanol–water partition coefficient (Wildman–Crippen LogP) is 4.07. The Bertz CT molecular complexity index is 1080. The Kier molecular flexibility index (Phi) is 6.11. The Morgan fingerprint density at radius 3 is 2.87 bits per heavy atom. The first-order chi connectivity index (χ1) is 14.8. The number of nitrogens with zero attached hydrogens (tertiary/aromatic N) is 1. The summed E-state index contributed by atoms with van der Waals surface area (Å²) < 4.78 is 0. The van der Waals surface area contributed by atoms with Crippen LogP contribution in [0.2, 0.25) is 5.02 Å². The average molecular weight is 460 g/mol. The standard InChI is InChI=1S/C22H22ClN3O4S/c1-12-5-6-13(7-17(12)23)25-22(30)24-9-20-15-10-26(21(29)16(15)11-31-20)18-4-2-3-14(27)8-19(18)28/h5-7,11,18H,2-4,8-10H2,1H3,(H2,24,25,30)/t18-/m0/s1. The van der Waals surface area contributed by atoms with Gasteiger partial charge >= 0.3 is 6.03 Å². The van der Waals surface area contributed by atoms with Gasteiger partial charge < -0.3 is 15.5 Å². The summed E-state index contributed by atoms with van der Waals surface area (Å²) in [7, 11) is 0. The summed E-state index contributed by atoms with van der Waals surface area (Å²) in [5.41, 5.74) is 2.94. The summed E-state index contributed by atoms with van der Waals surface area (Å²) in [6.07, 6.45) is 1.42. The van der Waals surface area contributed by atoms with Gasteiger partial charge in [-0.05, 0) is 43.0 Å². The lowest BCUT2D eigenvalue weighted by Crippen LogP contribution is -2.41. The molecule has 1 aromatic carbocycles. The van der Waals surface area contributed by atoms with Crippen LogP contribution in [0.15, 0.2) is 23.6 Å². The summed E-state index contributed by atoms with van der Waals surface area (Å²) in [5.74, 6) is -0.413. The first kappa shape index (κ1) is 21.5. The van der Waals surface area contributed by atoms with Gasteiger partial charge in [0.1, 0.15) is 5.78 Å². The van der Waals surface area contributed by atoms with E-state index in [9.17, 15) is 19.2 Å². The third kappa shape index (κ3) is 4.50. The molecule has 7 nitrogen and oxygen atoms in total. The van der Waals surface area contributed by atoms with E-state index >= 15 is 0 Å². The molecule has 3 amide bonds. The number of thiophene rings is 1. The van der Waals surface area contributed by atoms with Crippen molar-refractivity contribution in [3.8, 4) is 0 Å². The molecule has 162 valence electrons. The Balaban J connectivity index is 1.40. The van der Waals surface area contributed by atoms with E-state index in [2.05, 4.69) is 10.6 Å². The summed E-state index contributed by atoms with van der Waals surface area (Å²) in [4.78, 5) is 51.8. The summed E-state index contributed by atoms with van der Waals surface area (Å²) in [6.45, 7) is 2.48. The number of Topliss-reactive ketones (excluding diaryl/α,β-unsaturated/α-hetero) is 2. The van der Waals surface area contributed by atoms with Crippen LogP contribution in [0, 0.1) is 6.92 Å². The van der Waals surface area contributed by atoms with Crippen molar-refractivity contribution in [2.75, 3.05) is 5.32 Å². The van der Waals surface area contributed by atoms with Crippen molar-refractivity contribution in [1.29, 1.82) is 0 Å². The molecule has 0 radical (unpaired) electrons. The van der Waals surface area contributed by atoms with Crippen LogP contribution in [0.5, 0.6) is 0 Å². The summed E-state index contributed by atoms with van der Waals surface area (Å²) in [5, 5.41) is 7.90. The van der Waals surface area contributed by atoms with Gasteiger partial charge in [0.25, 0.3) is 5.91 Å². The lowest BCUT2D eigenvalue weighted by atomic mass is 10.1. The number of aryl methyl sites for hydroxylation is 1. The zero-order valence-corrected chi connectivity index (χ0v) is 18.6. The van der Waals surface area contributed by atoms with Crippen LogP contribution in [0.3, 0.4) is 0 Å². The molecule has 31 heavy (non-hydrogen) atoms. The van der Waals surface area contributed by atoms with Gasteiger partial charge in [0.05, 0.1) is 24.6 Å². The number of anilines is 1. The topological polar surface area (TPSA) is 95.6 Å². The van der Waals surface area contributed by atoms with E-state index in [1.54, 1.807) is 22.4 Å². The Hall–Kier alpha value is -2.71. The number of halogens is 1. The molecule has 2 aromatic rings. The Labute approximate surface area is 188 Å². The molecule has 2 heterocycles. The van der Waals surface area contributed by atoms with Gasteiger partial charge in [-0.15, -0.1) is 11.3 Å². The minimum Gasteiger partial charge on any atom is -0.333 e. The smallest absolute Gasteiger partial charge is 0.319 e. The maximum atomic E-state index is 12.9. The fourth-order valence-electron chi connectivity index (χ4n) is 3.96. The van der Waals surface area contributed by atoms with E-state index in [4.69, 9.17) is 11.6 Å². The van der Waals surface area contributed by atoms with Crippen LogP contribution in [0.1, 0.15) is 52.0 Å². The lowest BCUT2D eigenvalue weighted by Gasteiger charge is -2.25. The maximum Gasteiger partial charge on any atom is 0.319 e. The van der Waals surface area contributed by atoms with E-state index in [1.165, 1.54) is 11.3 Å². The quantitative estimate of drug-likeness (QED) is 0.532. The Morgan fingerprint density at radius 2 is 2.10 bits per heavy atom. The molecule has 1 fully saturated rings. The summed E-state index contributed by atoms with van der Waals surface area (Å²) in [6, 6.07) is 4.36. The minimum absolute atomic E-state index is 0.0564. The van der Waals surface area contributed by atoms with Gasteiger partial charge in [-0.25, -0.2) is 4.79 Å². The Morgan fingerprint density at radius 1 is 1.29 bits per heavy atom. The lowest BCUT2D eigenvalue weighted by molar-refractivity contribution is -0.128. The second-order valence-corrected chi connectivity index (χ2v) is 9.22. The number of ketones is 2. The fraction of sp³-hybridized carbons (Fsp3) is 0.364. The van der Waals surface area contributed by atoms with Crippen LogP contribution in [0.25, 0.3) is 0 Å². The molecule has 2 N–H and O–H groups in total. The molecule has 0 unspecified atom stereocenters. The average Bonchev–Trinajstić information content (AvgIpc) is 3.21. The van der Waals surface area contributed by atoms with Gasteiger partial charge in [-0.1, -0.05) is 17.7 Å². The van der Waals surface area contributed by atoms with Crippen LogP contribution < -0.4 is 10.6 Å². The predicted molar refractivity (Wildman–Crippen MR) is 119 cm³/mol. The van der Waals surface area contributed by atoms with Gasteiger partial charge in [-0.3, -0.25) is 14.4 Å². The zero-order chi connectivity index (χ0) is 22.1. The van der Waals surface area contributed by atoms with E-state index in [0.717, 1.165) is 16.0 Å². The van der Waals surface area contributed by atoms with Gasteiger partial charge in [0.2, 0.25) is 0 Å². The number of nitrogens with one attached hydrogen (secondary N) is 2. The van der Waals surface area contributed by atoms with Crippen LogP contribution in [0.4, 0.5) is 10.5 Å². The van der Waals surface area contributed by atoms with E-state index in [-0.39, 0.29) is 36.5 Å². The number of amides is 3. The highest BCUT2D eigenvalue weighted by molar-refractivity contribution is 7.10. The van der Waals surface area contributed by atoms with Crippen LogP contribution in [-0.2, 0) is 22.7 Å². The largest absolute Gasteiger partial charge is 0.333 e. The van der Waals surface area contributed by atoms with Crippen molar-refractivity contribution in [2.45, 2.75) is 51.7 Å². The monoisotopic (exact) mass is 459 g/mol. The molecule has 0 bridgehead atoms. The number of urea groups is 1. The fourth-order valence-corrected chi connectivity index (χ4v) is 5.12. The van der Waals surface area contributed by atoms with Crippen molar-refractivity contribution >= 4 is 52.1 Å². The van der Waals surface area contributed by atoms with E-state index in [0.29, 0.717) is 42.1 Å². The first-order valence-electron chi connectivity index (χ1n) is 10.1. The molecule has 1 aliphatic heterocycles. The molecule has 0 saturated heterocycles. The van der Waals surface area contributed by atoms with Gasteiger partial charge in [-0.2, -0.15) is 0 Å². The zero-order valence-electron chi connectivity index (χ0n) is 17.0. The third-order valence-corrected chi connectivity index (χ3v) is 7.13. The number of benzene rings is 1. The second kappa shape index (κ2) is 8.80. The molecule has 1 atom stereocenters. The molecule has 1 saturated carbocycles. The van der Waals surface area contributed by atoms with Crippen molar-refractivity contribution in [3.63, 3.8) is 0 Å².